The van der Waals surface area contributed by atoms with Crippen LogP contribution in [-0.4, -0.2) is 19.6 Å². The number of aliphatic hydroxyl groups is 1. The van der Waals surface area contributed by atoms with E-state index in [1.54, 1.807) is 18.2 Å². The maximum atomic E-state index is 12.6. The third-order valence-electron chi connectivity index (χ3n) is 4.32. The molecule has 2 N–H and O–H groups in total. The minimum Gasteiger partial charge on any atom is -0.392 e. The van der Waals surface area contributed by atoms with E-state index in [0.717, 1.165) is 31.2 Å². The minimum atomic E-state index is -3.51. The molecule has 1 aliphatic carbocycles. The van der Waals surface area contributed by atoms with E-state index in [9.17, 15) is 13.5 Å². The van der Waals surface area contributed by atoms with Crippen molar-refractivity contribution < 1.29 is 13.5 Å². The van der Waals surface area contributed by atoms with E-state index in [4.69, 9.17) is 0 Å². The van der Waals surface area contributed by atoms with E-state index >= 15 is 0 Å². The van der Waals surface area contributed by atoms with Crippen molar-refractivity contribution >= 4 is 10.0 Å². The molecular formula is C16H25NO3S. The topological polar surface area (TPSA) is 66.4 Å². The van der Waals surface area contributed by atoms with Crippen LogP contribution >= 0.6 is 0 Å². The Hall–Kier alpha value is -0.910. The Kier molecular flexibility index (Phi) is 5.41. The Morgan fingerprint density at radius 2 is 1.90 bits per heavy atom. The first kappa shape index (κ1) is 16.5. The van der Waals surface area contributed by atoms with Gasteiger partial charge in [0.05, 0.1) is 11.5 Å². The fourth-order valence-electron chi connectivity index (χ4n) is 2.90. The first-order valence-corrected chi connectivity index (χ1v) is 9.19. The number of nitrogens with one attached hydrogen (secondary N) is 1. The van der Waals surface area contributed by atoms with Gasteiger partial charge < -0.3 is 5.11 Å². The summed E-state index contributed by atoms with van der Waals surface area (Å²) in [6.45, 7) is 4.01. The molecule has 0 spiro atoms. The zero-order valence-electron chi connectivity index (χ0n) is 12.8. The van der Waals surface area contributed by atoms with Crippen molar-refractivity contribution in [2.45, 2.75) is 63.5 Å². The summed E-state index contributed by atoms with van der Waals surface area (Å²) in [4.78, 5) is 0.315. The lowest BCUT2D eigenvalue weighted by molar-refractivity contribution is 0.281. The van der Waals surface area contributed by atoms with E-state index in [1.165, 1.54) is 0 Å². The Morgan fingerprint density at radius 1 is 1.24 bits per heavy atom. The number of sulfonamides is 1. The number of hydrogen-bond acceptors (Lipinski definition) is 3. The third-order valence-corrected chi connectivity index (χ3v) is 5.92. The molecule has 0 radical (unpaired) electrons. The molecule has 0 saturated heterocycles. The molecule has 0 heterocycles. The fourth-order valence-corrected chi connectivity index (χ4v) is 4.57. The summed E-state index contributed by atoms with van der Waals surface area (Å²) in [5.41, 5.74) is 1.42. The van der Waals surface area contributed by atoms with Crippen LogP contribution in [-0.2, 0) is 23.1 Å². The summed E-state index contributed by atoms with van der Waals surface area (Å²) in [7, 11) is -3.51. The summed E-state index contributed by atoms with van der Waals surface area (Å²) in [5.74, 6) is 0.690. The van der Waals surface area contributed by atoms with Crippen LogP contribution in [0.25, 0.3) is 0 Å². The molecule has 0 atom stereocenters. The monoisotopic (exact) mass is 311 g/mol. The van der Waals surface area contributed by atoms with Crippen molar-refractivity contribution in [2.75, 3.05) is 0 Å². The van der Waals surface area contributed by atoms with Gasteiger partial charge in [-0.1, -0.05) is 26.0 Å². The van der Waals surface area contributed by atoms with Gasteiger partial charge in [0.1, 0.15) is 0 Å². The van der Waals surface area contributed by atoms with E-state index in [-0.39, 0.29) is 12.6 Å². The Morgan fingerprint density at radius 3 is 2.48 bits per heavy atom. The summed E-state index contributed by atoms with van der Waals surface area (Å²) in [5, 5.41) is 9.23. The van der Waals surface area contributed by atoms with Crippen LogP contribution in [0.15, 0.2) is 23.1 Å². The molecule has 5 heteroatoms. The molecule has 4 nitrogen and oxygen atoms in total. The van der Waals surface area contributed by atoms with Crippen molar-refractivity contribution in [3.8, 4) is 0 Å². The quantitative estimate of drug-likeness (QED) is 0.878. The second kappa shape index (κ2) is 6.90. The van der Waals surface area contributed by atoms with E-state index < -0.39 is 10.0 Å². The maximum absolute atomic E-state index is 12.6. The second-order valence-corrected chi connectivity index (χ2v) is 7.71. The van der Waals surface area contributed by atoms with Gasteiger partial charge in [-0.05, 0) is 55.2 Å². The SMILES string of the molecule is CCc1ccc(CO)cc1S(=O)(=O)NC1CCC(C)CC1. The molecular weight excluding hydrogens is 286 g/mol. The zero-order chi connectivity index (χ0) is 15.5. The van der Waals surface area contributed by atoms with Crippen LogP contribution in [0.3, 0.4) is 0 Å². The molecule has 0 aliphatic heterocycles. The van der Waals surface area contributed by atoms with Gasteiger partial charge >= 0.3 is 0 Å². The van der Waals surface area contributed by atoms with Crippen molar-refractivity contribution in [1.29, 1.82) is 0 Å². The van der Waals surface area contributed by atoms with Gasteiger partial charge in [0.15, 0.2) is 0 Å². The summed E-state index contributed by atoms with van der Waals surface area (Å²) >= 11 is 0. The molecule has 0 aromatic heterocycles. The smallest absolute Gasteiger partial charge is 0.241 e. The number of benzene rings is 1. The van der Waals surface area contributed by atoms with Crippen LogP contribution in [0.2, 0.25) is 0 Å². The van der Waals surface area contributed by atoms with Gasteiger partial charge in [-0.15, -0.1) is 0 Å². The Balaban J connectivity index is 2.22. The summed E-state index contributed by atoms with van der Waals surface area (Å²) in [6.07, 6.45) is 4.61. The molecule has 1 saturated carbocycles. The largest absolute Gasteiger partial charge is 0.392 e. The Labute approximate surface area is 127 Å². The predicted molar refractivity (Wildman–Crippen MR) is 83.5 cm³/mol. The van der Waals surface area contributed by atoms with Gasteiger partial charge in [-0.2, -0.15) is 0 Å². The van der Waals surface area contributed by atoms with Crippen LogP contribution in [0.4, 0.5) is 0 Å². The molecule has 1 aromatic carbocycles. The van der Waals surface area contributed by atoms with E-state index in [0.29, 0.717) is 22.8 Å². The van der Waals surface area contributed by atoms with Crippen LogP contribution in [0.5, 0.6) is 0 Å². The molecule has 1 aromatic rings. The average Bonchev–Trinajstić information content (AvgIpc) is 2.48. The maximum Gasteiger partial charge on any atom is 0.241 e. The molecule has 1 aliphatic rings. The summed E-state index contributed by atoms with van der Waals surface area (Å²) < 4.78 is 28.1. The van der Waals surface area contributed by atoms with Crippen LogP contribution < -0.4 is 4.72 Å². The van der Waals surface area contributed by atoms with Gasteiger partial charge in [-0.25, -0.2) is 13.1 Å². The first-order chi connectivity index (χ1) is 9.96. The fraction of sp³-hybridized carbons (Fsp3) is 0.625. The number of hydrogen-bond donors (Lipinski definition) is 2. The molecule has 0 amide bonds. The van der Waals surface area contributed by atoms with Crippen LogP contribution in [0, 0.1) is 5.92 Å². The number of aliphatic hydroxyl groups excluding tert-OH is 1. The lowest BCUT2D eigenvalue weighted by Gasteiger charge is -2.27. The minimum absolute atomic E-state index is 0.0358. The highest BCUT2D eigenvalue weighted by Gasteiger charge is 2.25. The molecule has 0 unspecified atom stereocenters. The second-order valence-electron chi connectivity index (χ2n) is 6.03. The van der Waals surface area contributed by atoms with Gasteiger partial charge in [-0.3, -0.25) is 0 Å². The van der Waals surface area contributed by atoms with Gasteiger partial charge in [0, 0.05) is 6.04 Å². The Bertz CT molecular complexity index is 575. The van der Waals surface area contributed by atoms with Crippen LogP contribution in [0.1, 0.15) is 50.7 Å². The normalized spacial score (nSPS) is 23.2. The van der Waals surface area contributed by atoms with Gasteiger partial charge in [0.25, 0.3) is 0 Å². The van der Waals surface area contributed by atoms with E-state index in [2.05, 4.69) is 11.6 Å². The van der Waals surface area contributed by atoms with Gasteiger partial charge in [0.2, 0.25) is 10.0 Å². The van der Waals surface area contributed by atoms with Crippen molar-refractivity contribution in [1.82, 2.24) is 4.72 Å². The average molecular weight is 311 g/mol. The highest BCUT2D eigenvalue weighted by Crippen LogP contribution is 2.26. The highest BCUT2D eigenvalue weighted by atomic mass is 32.2. The molecule has 21 heavy (non-hydrogen) atoms. The molecule has 118 valence electrons. The number of aryl methyl sites for hydroxylation is 1. The summed E-state index contributed by atoms with van der Waals surface area (Å²) in [6, 6.07) is 5.20. The lowest BCUT2D eigenvalue weighted by atomic mass is 9.88. The van der Waals surface area contributed by atoms with Crippen molar-refractivity contribution in [2.24, 2.45) is 5.92 Å². The van der Waals surface area contributed by atoms with Crippen molar-refractivity contribution in [3.63, 3.8) is 0 Å². The highest BCUT2D eigenvalue weighted by molar-refractivity contribution is 7.89. The predicted octanol–water partition coefficient (Wildman–Crippen LogP) is 2.60. The molecule has 2 rings (SSSR count). The molecule has 0 bridgehead atoms. The van der Waals surface area contributed by atoms with E-state index in [1.807, 2.05) is 6.92 Å². The first-order valence-electron chi connectivity index (χ1n) is 7.71. The van der Waals surface area contributed by atoms with Crippen molar-refractivity contribution in [3.05, 3.63) is 29.3 Å². The number of rotatable bonds is 5. The third kappa shape index (κ3) is 4.05. The molecule has 1 fully saturated rings. The zero-order valence-corrected chi connectivity index (χ0v) is 13.6. The lowest BCUT2D eigenvalue weighted by Crippen LogP contribution is -2.37. The standard InChI is InChI=1S/C16H25NO3S/c1-3-14-7-6-13(11-18)10-16(14)21(19,20)17-15-8-4-12(2)5-9-15/h6-7,10,12,15,17-18H,3-5,8-9,11H2,1-2H3.